The van der Waals surface area contributed by atoms with Crippen molar-refractivity contribution in [1.29, 1.82) is 0 Å². The van der Waals surface area contributed by atoms with Gasteiger partial charge in [-0.15, -0.1) is 11.3 Å². The predicted molar refractivity (Wildman–Crippen MR) is 90.8 cm³/mol. The standard InChI is InChI=1S/C18H15ClS/c1-3-15(13-7-5-4-6-8-13)18-12(2)16-10-9-14(19)11-17(16)20-18/h3-11H,1-2H3/b15-3-. The first-order chi connectivity index (χ1) is 9.70. The molecule has 0 saturated heterocycles. The maximum Gasteiger partial charge on any atom is 0.0420 e. The first-order valence-corrected chi connectivity index (χ1v) is 7.81. The fraction of sp³-hybridized carbons (Fsp3) is 0.111. The Labute approximate surface area is 128 Å². The molecule has 1 aromatic heterocycles. The molecule has 3 rings (SSSR count). The van der Waals surface area contributed by atoms with E-state index in [9.17, 15) is 0 Å². The smallest absolute Gasteiger partial charge is 0.0420 e. The molecule has 0 saturated carbocycles. The van der Waals surface area contributed by atoms with Crippen LogP contribution < -0.4 is 0 Å². The van der Waals surface area contributed by atoms with E-state index in [0.717, 1.165) is 5.02 Å². The number of fused-ring (bicyclic) bond motifs is 1. The Morgan fingerprint density at radius 3 is 2.55 bits per heavy atom. The summed E-state index contributed by atoms with van der Waals surface area (Å²) in [7, 11) is 0. The molecule has 0 aliphatic heterocycles. The van der Waals surface area contributed by atoms with Gasteiger partial charge in [-0.2, -0.15) is 0 Å². The van der Waals surface area contributed by atoms with Crippen LogP contribution in [-0.2, 0) is 0 Å². The summed E-state index contributed by atoms with van der Waals surface area (Å²) in [5.41, 5.74) is 3.88. The number of hydrogen-bond donors (Lipinski definition) is 0. The van der Waals surface area contributed by atoms with Gasteiger partial charge in [0.1, 0.15) is 0 Å². The molecule has 0 amide bonds. The number of thiophene rings is 1. The summed E-state index contributed by atoms with van der Waals surface area (Å²) >= 11 is 7.92. The van der Waals surface area contributed by atoms with Gasteiger partial charge in [-0.1, -0.05) is 54.1 Å². The van der Waals surface area contributed by atoms with Gasteiger partial charge < -0.3 is 0 Å². The topological polar surface area (TPSA) is 0 Å². The van der Waals surface area contributed by atoms with Gasteiger partial charge >= 0.3 is 0 Å². The lowest BCUT2D eigenvalue weighted by molar-refractivity contribution is 1.51. The lowest BCUT2D eigenvalue weighted by Gasteiger charge is -2.06. The molecule has 0 aliphatic rings. The van der Waals surface area contributed by atoms with Crippen molar-refractivity contribution in [2.45, 2.75) is 13.8 Å². The monoisotopic (exact) mass is 298 g/mol. The maximum absolute atomic E-state index is 6.10. The molecule has 2 heteroatoms. The molecule has 0 atom stereocenters. The van der Waals surface area contributed by atoms with E-state index in [4.69, 9.17) is 11.6 Å². The van der Waals surface area contributed by atoms with Crippen LogP contribution in [0.4, 0.5) is 0 Å². The molecule has 3 aromatic rings. The Kier molecular flexibility index (Phi) is 3.64. The molecule has 2 aromatic carbocycles. The van der Waals surface area contributed by atoms with Crippen LogP contribution in [0.2, 0.25) is 5.02 Å². The van der Waals surface area contributed by atoms with Crippen molar-refractivity contribution in [3.05, 3.63) is 75.6 Å². The molecule has 0 spiro atoms. The van der Waals surface area contributed by atoms with Gasteiger partial charge in [0.25, 0.3) is 0 Å². The Balaban J connectivity index is 2.21. The minimum Gasteiger partial charge on any atom is -0.135 e. The van der Waals surface area contributed by atoms with Crippen molar-refractivity contribution < 1.29 is 0 Å². The molecule has 0 bridgehead atoms. The molecule has 0 aliphatic carbocycles. The van der Waals surface area contributed by atoms with Crippen LogP contribution in [0.1, 0.15) is 22.9 Å². The van der Waals surface area contributed by atoms with E-state index >= 15 is 0 Å². The van der Waals surface area contributed by atoms with Gasteiger partial charge in [0.2, 0.25) is 0 Å². The minimum atomic E-state index is 0.798. The Morgan fingerprint density at radius 1 is 1.10 bits per heavy atom. The van der Waals surface area contributed by atoms with Crippen LogP contribution in [0.15, 0.2) is 54.6 Å². The molecule has 100 valence electrons. The van der Waals surface area contributed by atoms with Crippen LogP contribution in [-0.4, -0.2) is 0 Å². The van der Waals surface area contributed by atoms with E-state index in [1.165, 1.54) is 31.7 Å². The molecular weight excluding hydrogens is 284 g/mol. The molecule has 0 radical (unpaired) electrons. The Morgan fingerprint density at radius 2 is 1.85 bits per heavy atom. The number of rotatable bonds is 2. The predicted octanol–water partition coefficient (Wildman–Crippen LogP) is 6.31. The third-order valence-corrected chi connectivity index (χ3v) is 5.04. The van der Waals surface area contributed by atoms with Crippen molar-refractivity contribution in [2.75, 3.05) is 0 Å². The fourth-order valence-electron chi connectivity index (χ4n) is 2.50. The van der Waals surface area contributed by atoms with Gasteiger partial charge in [-0.05, 0) is 48.1 Å². The first kappa shape index (κ1) is 13.4. The van der Waals surface area contributed by atoms with Gasteiger partial charge in [0.05, 0.1) is 0 Å². The highest BCUT2D eigenvalue weighted by Crippen LogP contribution is 2.38. The summed E-state index contributed by atoms with van der Waals surface area (Å²) in [5, 5.41) is 2.09. The molecule has 0 unspecified atom stereocenters. The number of benzene rings is 2. The summed E-state index contributed by atoms with van der Waals surface area (Å²) in [6, 6.07) is 16.7. The highest BCUT2D eigenvalue weighted by molar-refractivity contribution is 7.20. The second kappa shape index (κ2) is 5.43. The zero-order chi connectivity index (χ0) is 14.1. The van der Waals surface area contributed by atoms with E-state index in [2.05, 4.69) is 56.3 Å². The highest BCUT2D eigenvalue weighted by Gasteiger charge is 2.13. The van der Waals surface area contributed by atoms with Crippen LogP contribution in [0.25, 0.3) is 15.7 Å². The second-order valence-corrected chi connectivity index (χ2v) is 6.25. The van der Waals surface area contributed by atoms with Gasteiger partial charge in [0.15, 0.2) is 0 Å². The van der Waals surface area contributed by atoms with Crippen molar-refractivity contribution in [3.63, 3.8) is 0 Å². The molecule has 20 heavy (non-hydrogen) atoms. The third-order valence-electron chi connectivity index (χ3n) is 3.52. The van der Waals surface area contributed by atoms with E-state index < -0.39 is 0 Å². The largest absolute Gasteiger partial charge is 0.135 e. The molecule has 0 fully saturated rings. The van der Waals surface area contributed by atoms with Gasteiger partial charge in [0, 0.05) is 14.6 Å². The van der Waals surface area contributed by atoms with E-state index in [-0.39, 0.29) is 0 Å². The third kappa shape index (κ3) is 2.28. The zero-order valence-electron chi connectivity index (χ0n) is 11.5. The minimum absolute atomic E-state index is 0.798. The Bertz CT molecular complexity index is 782. The molecule has 0 N–H and O–H groups in total. The van der Waals surface area contributed by atoms with E-state index in [1.807, 2.05) is 23.5 Å². The average Bonchev–Trinajstić information content (AvgIpc) is 2.78. The number of hydrogen-bond acceptors (Lipinski definition) is 1. The zero-order valence-corrected chi connectivity index (χ0v) is 13.1. The van der Waals surface area contributed by atoms with Crippen molar-refractivity contribution in [1.82, 2.24) is 0 Å². The van der Waals surface area contributed by atoms with Gasteiger partial charge in [-0.3, -0.25) is 0 Å². The summed E-state index contributed by atoms with van der Waals surface area (Å²) in [6.07, 6.45) is 2.19. The van der Waals surface area contributed by atoms with Crippen LogP contribution >= 0.6 is 22.9 Å². The quantitative estimate of drug-likeness (QED) is 0.519. The van der Waals surface area contributed by atoms with Crippen LogP contribution in [0, 0.1) is 6.92 Å². The molecular formula is C18H15ClS. The summed E-state index contributed by atoms with van der Waals surface area (Å²) in [4.78, 5) is 1.33. The van der Waals surface area contributed by atoms with Gasteiger partial charge in [-0.25, -0.2) is 0 Å². The SMILES string of the molecule is C/C=C(/c1ccccc1)c1sc2cc(Cl)ccc2c1C. The molecule has 0 nitrogen and oxygen atoms in total. The van der Waals surface area contributed by atoms with E-state index in [0.29, 0.717) is 0 Å². The maximum atomic E-state index is 6.10. The van der Waals surface area contributed by atoms with Crippen LogP contribution in [0.5, 0.6) is 0 Å². The first-order valence-electron chi connectivity index (χ1n) is 6.61. The number of halogens is 1. The van der Waals surface area contributed by atoms with Crippen molar-refractivity contribution in [2.24, 2.45) is 0 Å². The van der Waals surface area contributed by atoms with Crippen LogP contribution in [0.3, 0.4) is 0 Å². The van der Waals surface area contributed by atoms with E-state index in [1.54, 1.807) is 0 Å². The van der Waals surface area contributed by atoms with Crippen molar-refractivity contribution in [3.8, 4) is 0 Å². The Hall–Kier alpha value is -1.57. The van der Waals surface area contributed by atoms with Crippen molar-refractivity contribution >= 4 is 38.6 Å². The lowest BCUT2D eigenvalue weighted by atomic mass is 10.0. The normalized spacial score (nSPS) is 12.1. The summed E-state index contributed by atoms with van der Waals surface area (Å²) in [5.74, 6) is 0. The number of allylic oxidation sites excluding steroid dienone is 1. The summed E-state index contributed by atoms with van der Waals surface area (Å²) in [6.45, 7) is 4.29. The fourth-order valence-corrected chi connectivity index (χ4v) is 4.09. The summed E-state index contributed by atoms with van der Waals surface area (Å²) < 4.78 is 1.25. The highest BCUT2D eigenvalue weighted by atomic mass is 35.5. The number of aryl methyl sites for hydroxylation is 1. The lowest BCUT2D eigenvalue weighted by Crippen LogP contribution is -1.86. The molecule has 1 heterocycles. The second-order valence-electron chi connectivity index (χ2n) is 4.77. The average molecular weight is 299 g/mol.